The van der Waals surface area contributed by atoms with Crippen LogP contribution in [0.25, 0.3) is 0 Å². The van der Waals surface area contributed by atoms with E-state index in [-0.39, 0.29) is 47.2 Å². The maximum atomic E-state index is 4.25. The van der Waals surface area contributed by atoms with Crippen molar-refractivity contribution in [1.29, 1.82) is 0 Å². The van der Waals surface area contributed by atoms with Crippen LogP contribution in [-0.2, 0) is 5.48 Å². The quantitative estimate of drug-likeness (QED) is 0.489. The number of hydrogen-bond donors (Lipinski definition) is 0. The molecule has 0 bridgehead atoms. The molecule has 21 valence electrons. The van der Waals surface area contributed by atoms with Gasteiger partial charge in [0.25, 0.3) is 0 Å². The summed E-state index contributed by atoms with van der Waals surface area (Å²) < 4.78 is 0. The number of rotatable bonds is 0. The Balaban J connectivity index is -0.00000000500. The summed E-state index contributed by atoms with van der Waals surface area (Å²) in [6, 6.07) is 0. The molecule has 0 rings (SSSR count). The molecular formula is C2H3CeO. The van der Waals surface area contributed by atoms with Gasteiger partial charge in [-0.2, -0.15) is 0 Å². The first-order valence-electron chi connectivity index (χ1n) is 0.408. The van der Waals surface area contributed by atoms with Crippen LogP contribution in [0.5, 0.6) is 0 Å². The van der Waals surface area contributed by atoms with Crippen LogP contribution in [0, 0.1) is 48.3 Å². The summed E-state index contributed by atoms with van der Waals surface area (Å²) in [6.07, 6.45) is 0. The second kappa shape index (κ2) is 33.3. The molecule has 0 aromatic carbocycles. The zero-order valence-electron chi connectivity index (χ0n) is 2.19. The second-order valence-electron chi connectivity index (χ2n) is 0. The Kier molecular flexibility index (Phi) is 163. The van der Waals surface area contributed by atoms with Crippen molar-refractivity contribution < 1.29 is 47.2 Å². The van der Waals surface area contributed by atoms with E-state index in [1.54, 1.807) is 0 Å². The molecule has 0 aliphatic heterocycles. The Hall–Kier alpha value is 1.08. The standard InChI is InChI=1S/C2H3.Ce.O/c1-2;;/h1H,2H2;;/q-1;+3;-2. The Morgan fingerprint density at radius 3 is 1.25 bits per heavy atom. The second-order valence-corrected chi connectivity index (χ2v) is 0. The largest absolute Gasteiger partial charge is 3.00 e. The zero-order valence-corrected chi connectivity index (χ0v) is 5.33. The van der Waals surface area contributed by atoms with E-state index in [1.807, 2.05) is 0 Å². The summed E-state index contributed by atoms with van der Waals surface area (Å²) >= 11 is 0. The molecule has 0 saturated heterocycles. The predicted octanol–water partition coefficient (Wildman–Crippen LogP) is 0.487. The van der Waals surface area contributed by atoms with Gasteiger partial charge in [0.15, 0.2) is 0 Å². The molecule has 0 amide bonds. The first kappa shape index (κ1) is 19.6. The fraction of sp³-hybridized carbons (Fsp3) is 0. The SMILES string of the molecule is [CH-]=C.[Ce+3].[O-2]. The van der Waals surface area contributed by atoms with Gasteiger partial charge >= 0.3 is 41.7 Å². The maximum absolute atomic E-state index is 4.25. The van der Waals surface area contributed by atoms with E-state index < -0.39 is 0 Å². The summed E-state index contributed by atoms with van der Waals surface area (Å²) in [5.74, 6) is 0. The van der Waals surface area contributed by atoms with Crippen LogP contribution in [0.3, 0.4) is 0 Å². The molecule has 0 heterocycles. The van der Waals surface area contributed by atoms with Crippen molar-refractivity contribution in [1.82, 2.24) is 0 Å². The van der Waals surface area contributed by atoms with Crippen LogP contribution in [-0.4, -0.2) is 0 Å². The molecule has 0 spiro atoms. The topological polar surface area (TPSA) is 28.5 Å². The van der Waals surface area contributed by atoms with Crippen LogP contribution in [0.1, 0.15) is 0 Å². The molecular weight excluding hydrogens is 180 g/mol. The van der Waals surface area contributed by atoms with E-state index in [0.29, 0.717) is 0 Å². The van der Waals surface area contributed by atoms with Crippen LogP contribution >= 0.6 is 0 Å². The van der Waals surface area contributed by atoms with Gasteiger partial charge in [0.1, 0.15) is 0 Å². The van der Waals surface area contributed by atoms with Gasteiger partial charge in [-0.15, -0.1) is 0 Å². The fourth-order valence-electron chi connectivity index (χ4n) is 0. The van der Waals surface area contributed by atoms with Gasteiger partial charge in [0.05, 0.1) is 0 Å². The van der Waals surface area contributed by atoms with Crippen molar-refractivity contribution in [2.24, 2.45) is 0 Å². The third kappa shape index (κ3) is 11.4. The van der Waals surface area contributed by atoms with Crippen molar-refractivity contribution in [3.63, 3.8) is 0 Å². The first-order chi connectivity index (χ1) is 1.00. The summed E-state index contributed by atoms with van der Waals surface area (Å²) in [4.78, 5) is 0. The van der Waals surface area contributed by atoms with E-state index in [1.165, 1.54) is 0 Å². The van der Waals surface area contributed by atoms with Crippen LogP contribution in [0.4, 0.5) is 0 Å². The summed E-state index contributed by atoms with van der Waals surface area (Å²) in [5.41, 5.74) is 0. The van der Waals surface area contributed by atoms with E-state index in [2.05, 4.69) is 13.2 Å². The van der Waals surface area contributed by atoms with Gasteiger partial charge in [-0.25, -0.2) is 0 Å². The van der Waals surface area contributed by atoms with Crippen molar-refractivity contribution >= 4 is 0 Å². The molecule has 0 aliphatic carbocycles. The van der Waals surface area contributed by atoms with E-state index >= 15 is 0 Å². The third-order valence-corrected chi connectivity index (χ3v) is 0. The summed E-state index contributed by atoms with van der Waals surface area (Å²) in [6.45, 7) is 7.00. The molecule has 0 aromatic heterocycles. The Bertz CT molecular complexity index is 6.00. The number of hydrogen-bond acceptors (Lipinski definition) is 0. The Labute approximate surface area is 59.8 Å². The molecule has 1 nitrogen and oxygen atoms in total. The summed E-state index contributed by atoms with van der Waals surface area (Å²) in [5, 5.41) is 0. The minimum absolute atomic E-state index is 0. The van der Waals surface area contributed by atoms with E-state index in [9.17, 15) is 0 Å². The Morgan fingerprint density at radius 2 is 1.25 bits per heavy atom. The van der Waals surface area contributed by atoms with E-state index in [4.69, 9.17) is 0 Å². The fourth-order valence-corrected chi connectivity index (χ4v) is 0. The predicted molar refractivity (Wildman–Crippen MR) is 10.6 cm³/mol. The van der Waals surface area contributed by atoms with E-state index in [0.717, 1.165) is 0 Å². The monoisotopic (exact) mass is 183 g/mol. The molecule has 0 saturated carbocycles. The molecule has 2 heteroatoms. The van der Waals surface area contributed by atoms with Crippen LogP contribution in [0.15, 0.2) is 6.58 Å². The average Bonchev–Trinajstić information content (AvgIpc) is 1.00. The molecule has 0 atom stereocenters. The van der Waals surface area contributed by atoms with Gasteiger partial charge in [0, 0.05) is 0 Å². The average molecular weight is 183 g/mol. The van der Waals surface area contributed by atoms with Gasteiger partial charge in [-0.05, 0) is 0 Å². The van der Waals surface area contributed by atoms with Crippen molar-refractivity contribution in [3.05, 3.63) is 13.2 Å². The molecule has 1 radical (unpaired) electrons. The Morgan fingerprint density at radius 1 is 1.25 bits per heavy atom. The normalized spacial score (nSPS) is 1.00. The van der Waals surface area contributed by atoms with Gasteiger partial charge < -0.3 is 12.1 Å². The maximum Gasteiger partial charge on any atom is 3.00 e. The smallest absolute Gasteiger partial charge is 2.00 e. The zero-order chi connectivity index (χ0) is 2.00. The third-order valence-electron chi connectivity index (χ3n) is 0. The molecule has 0 N–H and O–H groups in total. The molecule has 0 aliphatic rings. The van der Waals surface area contributed by atoms with Gasteiger partial charge in [0.2, 0.25) is 0 Å². The summed E-state index contributed by atoms with van der Waals surface area (Å²) in [7, 11) is 0. The molecule has 0 fully saturated rings. The van der Waals surface area contributed by atoms with Crippen molar-refractivity contribution in [2.75, 3.05) is 0 Å². The van der Waals surface area contributed by atoms with Crippen LogP contribution in [0.2, 0.25) is 0 Å². The minimum atomic E-state index is 0. The first-order valence-corrected chi connectivity index (χ1v) is 0.408. The minimum Gasteiger partial charge on any atom is -2.00 e. The molecule has 0 unspecified atom stereocenters. The van der Waals surface area contributed by atoms with Gasteiger partial charge in [-0.1, -0.05) is 0 Å². The van der Waals surface area contributed by atoms with Crippen molar-refractivity contribution in [2.45, 2.75) is 0 Å². The van der Waals surface area contributed by atoms with Gasteiger partial charge in [-0.3, -0.25) is 6.58 Å². The van der Waals surface area contributed by atoms with Crippen LogP contribution < -0.4 is 0 Å². The van der Waals surface area contributed by atoms with Crippen molar-refractivity contribution in [3.8, 4) is 0 Å². The molecule has 4 heavy (non-hydrogen) atoms. The molecule has 0 aromatic rings.